The summed E-state index contributed by atoms with van der Waals surface area (Å²) in [7, 11) is 0. The minimum Gasteiger partial charge on any atom is -0.368 e. The molecule has 5 nitrogen and oxygen atoms in total. The van der Waals surface area contributed by atoms with Crippen LogP contribution in [0.15, 0.2) is 30.6 Å². The third kappa shape index (κ3) is 4.95. The topological polar surface area (TPSA) is 57.3 Å². The number of halogens is 5. The van der Waals surface area contributed by atoms with Gasteiger partial charge in [-0.05, 0) is 43.5 Å². The van der Waals surface area contributed by atoms with Crippen LogP contribution in [0, 0.1) is 17.6 Å². The molecule has 0 saturated carbocycles. The molecule has 2 fully saturated rings. The number of alkyl halides is 3. The van der Waals surface area contributed by atoms with E-state index < -0.39 is 36.2 Å². The number of carbonyl (C=O) groups is 1. The summed E-state index contributed by atoms with van der Waals surface area (Å²) in [6.45, 7) is 2.43. The summed E-state index contributed by atoms with van der Waals surface area (Å²) in [4.78, 5) is 19.0. The molecule has 1 unspecified atom stereocenters. The molecule has 0 bridgehead atoms. The maximum absolute atomic E-state index is 14.0. The summed E-state index contributed by atoms with van der Waals surface area (Å²) in [6, 6.07) is 3.05. The minimum atomic E-state index is -4.44. The Bertz CT molecular complexity index is 1020. The van der Waals surface area contributed by atoms with E-state index >= 15 is 0 Å². The molecule has 2 aromatic rings. The number of aromatic nitrogens is 1. The van der Waals surface area contributed by atoms with Crippen LogP contribution in [0.3, 0.4) is 0 Å². The lowest BCUT2D eigenvalue weighted by molar-refractivity contribution is -0.167. The molecule has 33 heavy (non-hydrogen) atoms. The van der Waals surface area contributed by atoms with Crippen molar-refractivity contribution in [1.82, 2.24) is 15.6 Å². The van der Waals surface area contributed by atoms with Gasteiger partial charge in [0.1, 0.15) is 11.6 Å². The fourth-order valence-corrected chi connectivity index (χ4v) is 4.62. The normalized spacial score (nSPS) is 21.6. The van der Waals surface area contributed by atoms with Gasteiger partial charge in [0.15, 0.2) is 0 Å². The van der Waals surface area contributed by atoms with Crippen molar-refractivity contribution < 1.29 is 26.7 Å². The first-order chi connectivity index (χ1) is 15.6. The Balaban J connectivity index is 1.72. The van der Waals surface area contributed by atoms with Crippen LogP contribution >= 0.6 is 0 Å². The Hall–Kier alpha value is -2.75. The van der Waals surface area contributed by atoms with Crippen molar-refractivity contribution in [2.75, 3.05) is 31.1 Å². The van der Waals surface area contributed by atoms with Gasteiger partial charge in [-0.2, -0.15) is 13.2 Å². The monoisotopic (exact) mass is 468 g/mol. The lowest BCUT2D eigenvalue weighted by Gasteiger charge is -2.28. The zero-order valence-corrected chi connectivity index (χ0v) is 18.1. The van der Waals surface area contributed by atoms with Crippen molar-refractivity contribution in [1.29, 1.82) is 0 Å². The van der Waals surface area contributed by atoms with Crippen LogP contribution in [-0.2, 0) is 0 Å². The second-order valence-electron chi connectivity index (χ2n) is 8.88. The second-order valence-corrected chi connectivity index (χ2v) is 8.88. The summed E-state index contributed by atoms with van der Waals surface area (Å²) < 4.78 is 66.7. The summed E-state index contributed by atoms with van der Waals surface area (Å²) >= 11 is 0. The fraction of sp³-hybridized carbons (Fsp3) is 0.478. The highest BCUT2D eigenvalue weighted by atomic mass is 19.4. The van der Waals surface area contributed by atoms with E-state index in [0.717, 1.165) is 50.9 Å². The van der Waals surface area contributed by atoms with E-state index in [4.69, 9.17) is 0 Å². The van der Waals surface area contributed by atoms with E-state index in [1.54, 1.807) is 0 Å². The van der Waals surface area contributed by atoms with Gasteiger partial charge >= 0.3 is 6.18 Å². The fourth-order valence-electron chi connectivity index (χ4n) is 4.62. The summed E-state index contributed by atoms with van der Waals surface area (Å²) in [6.07, 6.45) is 1.07. The predicted molar refractivity (Wildman–Crippen MR) is 114 cm³/mol. The summed E-state index contributed by atoms with van der Waals surface area (Å²) in [5.74, 6) is -4.00. The number of nitrogens with one attached hydrogen (secondary N) is 2. The van der Waals surface area contributed by atoms with E-state index in [-0.39, 0.29) is 16.7 Å². The lowest BCUT2D eigenvalue weighted by atomic mass is 9.96. The lowest BCUT2D eigenvalue weighted by Crippen LogP contribution is -2.42. The first-order valence-corrected chi connectivity index (χ1v) is 10.9. The number of nitrogens with zero attached hydrogens (tertiary/aromatic N) is 2. The number of hydrogen-bond donors (Lipinski definition) is 2. The largest absolute Gasteiger partial charge is 0.393 e. The molecule has 1 spiro atoms. The van der Waals surface area contributed by atoms with Crippen molar-refractivity contribution in [3.63, 3.8) is 0 Å². The molecular formula is C23H25F5N4O. The Morgan fingerprint density at radius 1 is 1.21 bits per heavy atom. The van der Waals surface area contributed by atoms with Crippen LogP contribution in [0.1, 0.15) is 36.5 Å². The Labute approximate surface area is 188 Å². The molecule has 3 heterocycles. The molecule has 2 N–H and O–H groups in total. The van der Waals surface area contributed by atoms with Crippen LogP contribution in [0.2, 0.25) is 0 Å². The summed E-state index contributed by atoms with van der Waals surface area (Å²) in [5.41, 5.74) is 0.916. The van der Waals surface area contributed by atoms with E-state index in [1.165, 1.54) is 12.4 Å². The molecule has 2 aliphatic rings. The number of amides is 1. The molecule has 1 aromatic carbocycles. The highest BCUT2D eigenvalue weighted by Crippen LogP contribution is 2.40. The highest BCUT2D eigenvalue weighted by molar-refractivity contribution is 6.03. The molecule has 0 aliphatic carbocycles. The molecular weight excluding hydrogens is 443 g/mol. The van der Waals surface area contributed by atoms with E-state index in [2.05, 4.69) is 15.6 Å². The number of pyridine rings is 1. The molecule has 1 amide bonds. The van der Waals surface area contributed by atoms with Gasteiger partial charge in [-0.3, -0.25) is 9.78 Å². The quantitative estimate of drug-likeness (QED) is 0.643. The molecule has 10 heteroatoms. The Kier molecular flexibility index (Phi) is 6.30. The zero-order valence-electron chi connectivity index (χ0n) is 18.1. The predicted octanol–water partition coefficient (Wildman–Crippen LogP) is 4.29. The van der Waals surface area contributed by atoms with Crippen molar-refractivity contribution in [2.24, 2.45) is 5.92 Å². The van der Waals surface area contributed by atoms with Gasteiger partial charge in [0, 0.05) is 49.2 Å². The minimum absolute atomic E-state index is 0.0709. The summed E-state index contributed by atoms with van der Waals surface area (Å²) in [5, 5.41) is 5.85. The standard InChI is InChI=1S/C23H25F5N4O/c1-14(23(26,27)28)10-30-21(33)19-12-29-11-18(15-7-16(24)9-17(25)8-15)20(19)32-6-4-22(13-32)3-2-5-31-22/h7-9,11-12,14,31H,2-6,10,13H2,1H3,(H,30,33)/t14?,22-/m0/s1. The van der Waals surface area contributed by atoms with Crippen molar-refractivity contribution >= 4 is 11.6 Å². The van der Waals surface area contributed by atoms with Crippen LogP contribution in [0.25, 0.3) is 11.1 Å². The van der Waals surface area contributed by atoms with E-state index in [0.29, 0.717) is 24.3 Å². The molecule has 0 radical (unpaired) electrons. The van der Waals surface area contributed by atoms with Crippen LogP contribution in [0.5, 0.6) is 0 Å². The van der Waals surface area contributed by atoms with Gasteiger partial charge in [-0.1, -0.05) is 6.92 Å². The van der Waals surface area contributed by atoms with Gasteiger partial charge < -0.3 is 15.5 Å². The van der Waals surface area contributed by atoms with E-state index in [9.17, 15) is 26.7 Å². The maximum Gasteiger partial charge on any atom is 0.393 e. The van der Waals surface area contributed by atoms with Gasteiger partial charge in [0.05, 0.1) is 17.2 Å². The number of carbonyl (C=O) groups excluding carboxylic acids is 1. The molecule has 1 aromatic heterocycles. The first-order valence-electron chi connectivity index (χ1n) is 10.9. The Morgan fingerprint density at radius 3 is 2.58 bits per heavy atom. The number of anilines is 1. The molecule has 178 valence electrons. The van der Waals surface area contributed by atoms with Gasteiger partial charge in [0.25, 0.3) is 5.91 Å². The van der Waals surface area contributed by atoms with Gasteiger partial charge in [-0.25, -0.2) is 8.78 Å². The smallest absolute Gasteiger partial charge is 0.368 e. The molecule has 4 rings (SSSR count). The maximum atomic E-state index is 14.0. The highest BCUT2D eigenvalue weighted by Gasteiger charge is 2.42. The average Bonchev–Trinajstić information content (AvgIpc) is 3.39. The van der Waals surface area contributed by atoms with Gasteiger partial charge in [0.2, 0.25) is 0 Å². The molecule has 2 atom stereocenters. The SMILES string of the molecule is CC(CNC(=O)c1cncc(-c2cc(F)cc(F)c2)c1N1CC[C@@]2(CCCN2)C1)C(F)(F)F. The Morgan fingerprint density at radius 2 is 1.94 bits per heavy atom. The van der Waals surface area contributed by atoms with Crippen LogP contribution in [0.4, 0.5) is 27.6 Å². The average molecular weight is 468 g/mol. The van der Waals surface area contributed by atoms with Crippen LogP contribution < -0.4 is 15.5 Å². The molecule has 2 aliphatic heterocycles. The zero-order chi connectivity index (χ0) is 23.8. The number of benzene rings is 1. The van der Waals surface area contributed by atoms with Crippen molar-refractivity contribution in [2.45, 2.75) is 37.9 Å². The van der Waals surface area contributed by atoms with E-state index in [1.807, 2.05) is 4.90 Å². The van der Waals surface area contributed by atoms with Gasteiger partial charge in [-0.15, -0.1) is 0 Å². The number of hydrogen-bond acceptors (Lipinski definition) is 4. The second kappa shape index (κ2) is 8.89. The van der Waals surface area contributed by atoms with Crippen LogP contribution in [-0.4, -0.2) is 48.8 Å². The number of rotatable bonds is 5. The van der Waals surface area contributed by atoms with Crippen molar-refractivity contribution in [3.8, 4) is 11.1 Å². The third-order valence-corrected chi connectivity index (χ3v) is 6.47. The molecule has 2 saturated heterocycles. The first kappa shape index (κ1) is 23.4. The third-order valence-electron chi connectivity index (χ3n) is 6.47. The van der Waals surface area contributed by atoms with Crippen molar-refractivity contribution in [3.05, 3.63) is 47.8 Å².